The second-order valence-electron chi connectivity index (χ2n) is 7.76. The van der Waals surface area contributed by atoms with Crippen molar-refractivity contribution >= 4 is 5.97 Å². The lowest BCUT2D eigenvalue weighted by molar-refractivity contribution is -0.929. The molecule has 0 aliphatic carbocycles. The lowest BCUT2D eigenvalue weighted by Crippen LogP contribution is -2.50. The SMILES string of the molecule is CC(C)[C@H](N)C(=O)O.CCCC[N+](CCCC)(CCCC)CCCC. The van der Waals surface area contributed by atoms with Crippen molar-refractivity contribution in [2.24, 2.45) is 11.7 Å². The minimum Gasteiger partial charge on any atom is -0.480 e. The summed E-state index contributed by atoms with van der Waals surface area (Å²) in [4.78, 5) is 10.0. The zero-order chi connectivity index (χ0) is 19.7. The number of hydrogen-bond acceptors (Lipinski definition) is 2. The van der Waals surface area contributed by atoms with Crippen LogP contribution in [0.15, 0.2) is 0 Å². The summed E-state index contributed by atoms with van der Waals surface area (Å²) in [7, 11) is 0. The summed E-state index contributed by atoms with van der Waals surface area (Å²) in [5.74, 6) is -0.910. The van der Waals surface area contributed by atoms with Crippen LogP contribution in [0.1, 0.15) is 92.9 Å². The van der Waals surface area contributed by atoms with Gasteiger partial charge in [-0.05, 0) is 31.6 Å². The normalized spacial score (nSPS) is 12.6. The van der Waals surface area contributed by atoms with Crippen molar-refractivity contribution < 1.29 is 14.4 Å². The summed E-state index contributed by atoms with van der Waals surface area (Å²) in [6.45, 7) is 18.6. The van der Waals surface area contributed by atoms with Gasteiger partial charge in [0.15, 0.2) is 0 Å². The Labute approximate surface area is 157 Å². The molecule has 0 aliphatic rings. The van der Waals surface area contributed by atoms with E-state index in [2.05, 4.69) is 27.7 Å². The van der Waals surface area contributed by atoms with E-state index < -0.39 is 12.0 Å². The number of aliphatic carboxylic acids is 1. The fourth-order valence-electron chi connectivity index (χ4n) is 2.93. The van der Waals surface area contributed by atoms with Crippen LogP contribution in [0.2, 0.25) is 0 Å². The number of carboxylic acid groups (broad SMARTS) is 1. The van der Waals surface area contributed by atoms with E-state index in [4.69, 9.17) is 10.8 Å². The van der Waals surface area contributed by atoms with Gasteiger partial charge in [-0.15, -0.1) is 0 Å². The van der Waals surface area contributed by atoms with Crippen LogP contribution < -0.4 is 5.73 Å². The highest BCUT2D eigenvalue weighted by atomic mass is 16.4. The Morgan fingerprint density at radius 2 is 1.08 bits per heavy atom. The number of hydrogen-bond donors (Lipinski definition) is 2. The molecule has 0 aliphatic heterocycles. The van der Waals surface area contributed by atoms with Crippen molar-refractivity contribution in [1.82, 2.24) is 0 Å². The maximum Gasteiger partial charge on any atom is 0.320 e. The van der Waals surface area contributed by atoms with Gasteiger partial charge in [0.25, 0.3) is 0 Å². The predicted octanol–water partition coefficient (Wildman–Crippen LogP) is 5.06. The Balaban J connectivity index is 0. The number of unbranched alkanes of at least 4 members (excludes halogenated alkanes) is 4. The molecule has 0 fully saturated rings. The fourth-order valence-corrected chi connectivity index (χ4v) is 2.93. The third-order valence-corrected chi connectivity index (χ3v) is 4.95. The first-order valence-electron chi connectivity index (χ1n) is 10.6. The highest BCUT2D eigenvalue weighted by molar-refractivity contribution is 5.73. The fraction of sp³-hybridized carbons (Fsp3) is 0.952. The van der Waals surface area contributed by atoms with Gasteiger partial charge in [0.2, 0.25) is 0 Å². The third-order valence-electron chi connectivity index (χ3n) is 4.95. The largest absolute Gasteiger partial charge is 0.480 e. The summed E-state index contributed by atoms with van der Waals surface area (Å²) in [5, 5.41) is 8.23. The lowest BCUT2D eigenvalue weighted by atomic mass is 10.1. The molecule has 1 atom stereocenters. The maximum atomic E-state index is 10.0. The number of nitrogens with two attached hydrogens (primary N) is 1. The molecular formula is C21H47N2O2+. The lowest BCUT2D eigenvalue weighted by Gasteiger charge is -2.39. The Morgan fingerprint density at radius 1 is 0.800 bits per heavy atom. The van der Waals surface area contributed by atoms with E-state index in [0.717, 1.165) is 0 Å². The molecule has 4 nitrogen and oxygen atoms in total. The summed E-state index contributed by atoms with van der Waals surface area (Å²) in [6.07, 6.45) is 11.1. The molecule has 0 aromatic heterocycles. The van der Waals surface area contributed by atoms with Gasteiger partial charge in [0.05, 0.1) is 26.2 Å². The minimum atomic E-state index is -0.931. The van der Waals surface area contributed by atoms with Gasteiger partial charge in [-0.2, -0.15) is 0 Å². The average molecular weight is 360 g/mol. The molecule has 0 radical (unpaired) electrons. The number of carboxylic acids is 1. The van der Waals surface area contributed by atoms with Gasteiger partial charge in [0.1, 0.15) is 6.04 Å². The van der Waals surface area contributed by atoms with E-state index in [1.54, 1.807) is 13.8 Å². The van der Waals surface area contributed by atoms with Crippen molar-refractivity contribution in [3.63, 3.8) is 0 Å². The molecule has 4 heteroatoms. The van der Waals surface area contributed by atoms with Gasteiger partial charge in [-0.3, -0.25) is 4.79 Å². The monoisotopic (exact) mass is 359 g/mol. The van der Waals surface area contributed by atoms with Crippen LogP contribution in [0.4, 0.5) is 0 Å². The van der Waals surface area contributed by atoms with Crippen molar-refractivity contribution in [3.8, 4) is 0 Å². The van der Waals surface area contributed by atoms with Crippen molar-refractivity contribution in [2.45, 2.75) is 99.0 Å². The van der Waals surface area contributed by atoms with Crippen LogP contribution in [0.3, 0.4) is 0 Å². The van der Waals surface area contributed by atoms with E-state index >= 15 is 0 Å². The molecule has 0 amide bonds. The van der Waals surface area contributed by atoms with E-state index in [9.17, 15) is 4.79 Å². The predicted molar refractivity (Wildman–Crippen MR) is 110 cm³/mol. The smallest absolute Gasteiger partial charge is 0.320 e. The van der Waals surface area contributed by atoms with Crippen LogP contribution in [-0.4, -0.2) is 47.8 Å². The summed E-state index contributed by atoms with van der Waals surface area (Å²) in [6, 6.07) is -0.713. The molecule has 0 spiro atoms. The van der Waals surface area contributed by atoms with E-state index in [1.165, 1.54) is 82.0 Å². The standard InChI is InChI=1S/C16H36N.C5H11NO2/c1-5-9-13-17(14-10-6-2,15-11-7-3)16-12-8-4;1-3(2)4(6)5(7)8/h5-16H2,1-4H3;3-4H,6H2,1-2H3,(H,7,8)/q+1;/t;4-/m.0/s1. The zero-order valence-electron chi connectivity index (χ0n) is 18.0. The van der Waals surface area contributed by atoms with Crippen LogP contribution >= 0.6 is 0 Å². The Hall–Kier alpha value is -0.610. The molecule has 0 unspecified atom stereocenters. The highest BCUT2D eigenvalue weighted by Crippen LogP contribution is 2.16. The molecule has 0 aromatic rings. The van der Waals surface area contributed by atoms with Crippen molar-refractivity contribution in [2.75, 3.05) is 26.2 Å². The second-order valence-corrected chi connectivity index (χ2v) is 7.76. The molecule has 0 bridgehead atoms. The first kappa shape index (κ1) is 26.6. The topological polar surface area (TPSA) is 63.3 Å². The van der Waals surface area contributed by atoms with Gasteiger partial charge in [-0.25, -0.2) is 0 Å². The number of nitrogens with zero attached hydrogens (tertiary/aromatic N) is 1. The van der Waals surface area contributed by atoms with Crippen LogP contribution in [-0.2, 0) is 4.79 Å². The third kappa shape index (κ3) is 14.3. The van der Waals surface area contributed by atoms with E-state index in [0.29, 0.717) is 0 Å². The number of quaternary nitrogens is 1. The van der Waals surface area contributed by atoms with Crippen molar-refractivity contribution in [3.05, 3.63) is 0 Å². The minimum absolute atomic E-state index is 0.0208. The average Bonchev–Trinajstić information content (AvgIpc) is 2.60. The molecule has 0 rings (SSSR count). The summed E-state index contributed by atoms with van der Waals surface area (Å²) in [5.41, 5.74) is 5.16. The second kappa shape index (κ2) is 16.8. The zero-order valence-corrected chi connectivity index (χ0v) is 18.0. The van der Waals surface area contributed by atoms with E-state index in [1.807, 2.05) is 0 Å². The molecule has 0 saturated heterocycles. The van der Waals surface area contributed by atoms with Gasteiger partial charge in [0, 0.05) is 0 Å². The van der Waals surface area contributed by atoms with Gasteiger partial charge >= 0.3 is 5.97 Å². The molecule has 152 valence electrons. The molecule has 3 N–H and O–H groups in total. The first-order valence-corrected chi connectivity index (χ1v) is 10.6. The Morgan fingerprint density at radius 3 is 1.20 bits per heavy atom. The molecular weight excluding hydrogens is 312 g/mol. The summed E-state index contributed by atoms with van der Waals surface area (Å²) < 4.78 is 1.42. The maximum absolute atomic E-state index is 10.0. The number of carbonyl (C=O) groups is 1. The first-order chi connectivity index (χ1) is 11.8. The van der Waals surface area contributed by atoms with E-state index in [-0.39, 0.29) is 5.92 Å². The quantitative estimate of drug-likeness (QED) is 0.426. The van der Waals surface area contributed by atoms with Crippen molar-refractivity contribution in [1.29, 1.82) is 0 Å². The Kier molecular flexibility index (Phi) is 17.9. The van der Waals surface area contributed by atoms with Crippen LogP contribution in [0.25, 0.3) is 0 Å². The summed E-state index contributed by atoms with van der Waals surface area (Å²) >= 11 is 0. The van der Waals surface area contributed by atoms with Gasteiger partial charge in [-0.1, -0.05) is 67.2 Å². The molecule has 0 heterocycles. The molecule has 0 aromatic carbocycles. The highest BCUT2D eigenvalue weighted by Gasteiger charge is 2.24. The van der Waals surface area contributed by atoms with Crippen LogP contribution in [0, 0.1) is 5.92 Å². The number of rotatable bonds is 14. The molecule has 25 heavy (non-hydrogen) atoms. The Bertz CT molecular complexity index is 269. The molecule has 0 saturated carbocycles. The van der Waals surface area contributed by atoms with Crippen LogP contribution in [0.5, 0.6) is 0 Å². The van der Waals surface area contributed by atoms with Gasteiger partial charge < -0.3 is 15.3 Å².